The van der Waals surface area contributed by atoms with Gasteiger partial charge in [0.1, 0.15) is 29.6 Å². The van der Waals surface area contributed by atoms with Crippen molar-refractivity contribution >= 4 is 29.2 Å². The van der Waals surface area contributed by atoms with E-state index in [4.69, 9.17) is 27.0 Å². The second-order valence-electron chi connectivity index (χ2n) is 7.08. The number of carbonyl (C=O) groups excluding carboxylic acids is 2. The number of nitrogens with two attached hydrogens (primary N) is 2. The molecule has 0 bridgehead atoms. The van der Waals surface area contributed by atoms with Crippen molar-refractivity contribution in [2.45, 2.75) is 25.5 Å². The van der Waals surface area contributed by atoms with Crippen LogP contribution in [-0.4, -0.2) is 47.1 Å². The Hall–Kier alpha value is -3.88. The van der Waals surface area contributed by atoms with Gasteiger partial charge in [-0.2, -0.15) is 0 Å². The highest BCUT2D eigenvalue weighted by Gasteiger charge is 2.39. The molecule has 2 aromatic carbocycles. The first-order valence-electron chi connectivity index (χ1n) is 9.38. The topological polar surface area (TPSA) is 158 Å². The maximum absolute atomic E-state index is 12.8. The van der Waals surface area contributed by atoms with Gasteiger partial charge in [0.25, 0.3) is 0 Å². The van der Waals surface area contributed by atoms with E-state index in [2.05, 4.69) is 5.32 Å². The van der Waals surface area contributed by atoms with Crippen LogP contribution in [-0.2, 0) is 9.59 Å². The molecule has 30 heavy (non-hydrogen) atoms. The van der Waals surface area contributed by atoms with Gasteiger partial charge in [-0.25, -0.2) is 0 Å². The van der Waals surface area contributed by atoms with Crippen molar-refractivity contribution in [1.29, 1.82) is 10.8 Å². The van der Waals surface area contributed by atoms with Crippen LogP contribution in [0.25, 0.3) is 0 Å². The summed E-state index contributed by atoms with van der Waals surface area (Å²) >= 11 is 0. The zero-order chi connectivity index (χ0) is 21.8. The van der Waals surface area contributed by atoms with Crippen LogP contribution in [0.3, 0.4) is 0 Å². The second-order valence-corrected chi connectivity index (χ2v) is 7.08. The highest BCUT2D eigenvalue weighted by Crippen LogP contribution is 2.25. The summed E-state index contributed by atoms with van der Waals surface area (Å²) < 4.78 is 5.96. The van der Waals surface area contributed by atoms with Crippen molar-refractivity contribution in [1.82, 2.24) is 4.90 Å². The summed E-state index contributed by atoms with van der Waals surface area (Å²) in [6, 6.07) is 12.8. The average Bonchev–Trinajstić information content (AvgIpc) is 3.13. The fourth-order valence-corrected chi connectivity index (χ4v) is 3.37. The Balaban J connectivity index is 1.70. The molecule has 3 rings (SSSR count). The second kappa shape index (κ2) is 8.64. The normalized spacial score (nSPS) is 18.0. The van der Waals surface area contributed by atoms with Gasteiger partial charge in [-0.1, -0.05) is 12.1 Å². The maximum atomic E-state index is 12.8. The molecule has 156 valence electrons. The standard InChI is InChI=1S/C21H24N6O3/c1-12(28)27-11-17(30-16-4-2-3-14(9-16)20(24)25)10-18(27)21(29)26-15-7-5-13(6-8-15)19(22)23/h2-9,17-18H,10-11H2,1H3,(H3,22,23)(H3,24,25)(H,26,29)/t17-,18+/m1/s1. The number of carbonyl (C=O) groups is 2. The van der Waals surface area contributed by atoms with Crippen LogP contribution in [0.15, 0.2) is 48.5 Å². The van der Waals surface area contributed by atoms with Crippen molar-refractivity contribution in [2.75, 3.05) is 11.9 Å². The summed E-state index contributed by atoms with van der Waals surface area (Å²) in [5.41, 5.74) is 12.6. The number of nitrogens with one attached hydrogen (secondary N) is 3. The van der Waals surface area contributed by atoms with Crippen LogP contribution in [0.1, 0.15) is 24.5 Å². The number of rotatable bonds is 6. The van der Waals surface area contributed by atoms with Crippen LogP contribution < -0.4 is 21.5 Å². The fourth-order valence-electron chi connectivity index (χ4n) is 3.37. The van der Waals surface area contributed by atoms with Gasteiger partial charge in [0.05, 0.1) is 6.54 Å². The summed E-state index contributed by atoms with van der Waals surface area (Å²) in [7, 11) is 0. The molecule has 0 aromatic heterocycles. The third-order valence-corrected chi connectivity index (χ3v) is 4.88. The first-order valence-corrected chi connectivity index (χ1v) is 9.38. The number of hydrogen-bond donors (Lipinski definition) is 5. The molecule has 2 aromatic rings. The lowest BCUT2D eigenvalue weighted by atomic mass is 10.1. The Morgan fingerprint density at radius 3 is 2.33 bits per heavy atom. The zero-order valence-corrected chi connectivity index (χ0v) is 16.5. The van der Waals surface area contributed by atoms with Gasteiger partial charge in [-0.15, -0.1) is 0 Å². The number of likely N-dealkylation sites (tertiary alicyclic amines) is 1. The SMILES string of the molecule is CC(=O)N1C[C@H](Oc2cccc(C(=N)N)c2)C[C@H]1C(=O)Nc1ccc(C(=N)N)cc1. The minimum Gasteiger partial charge on any atom is -0.488 e. The Morgan fingerprint density at radius 2 is 1.73 bits per heavy atom. The van der Waals surface area contributed by atoms with Crippen molar-refractivity contribution in [3.05, 3.63) is 59.7 Å². The van der Waals surface area contributed by atoms with Crippen LogP contribution in [0.5, 0.6) is 5.75 Å². The molecule has 7 N–H and O–H groups in total. The van der Waals surface area contributed by atoms with E-state index >= 15 is 0 Å². The Bertz CT molecular complexity index is 988. The van der Waals surface area contributed by atoms with Crippen molar-refractivity contribution in [2.24, 2.45) is 11.5 Å². The molecule has 1 heterocycles. The minimum atomic E-state index is -0.670. The maximum Gasteiger partial charge on any atom is 0.247 e. The molecule has 0 spiro atoms. The average molecular weight is 408 g/mol. The van der Waals surface area contributed by atoms with E-state index < -0.39 is 6.04 Å². The third-order valence-electron chi connectivity index (χ3n) is 4.88. The summed E-state index contributed by atoms with van der Waals surface area (Å²) in [6.45, 7) is 1.70. The first-order chi connectivity index (χ1) is 14.2. The predicted molar refractivity (Wildman–Crippen MR) is 114 cm³/mol. The number of nitrogens with zero attached hydrogens (tertiary/aromatic N) is 1. The van der Waals surface area contributed by atoms with Gasteiger partial charge >= 0.3 is 0 Å². The van der Waals surface area contributed by atoms with E-state index in [-0.39, 0.29) is 36.1 Å². The largest absolute Gasteiger partial charge is 0.488 e. The van der Waals surface area contributed by atoms with E-state index in [0.29, 0.717) is 29.0 Å². The molecule has 1 saturated heterocycles. The van der Waals surface area contributed by atoms with E-state index in [0.717, 1.165) is 0 Å². The molecular formula is C21H24N6O3. The van der Waals surface area contributed by atoms with Gasteiger partial charge in [0, 0.05) is 30.2 Å². The Kier molecular flexibility index (Phi) is 6.01. The number of ether oxygens (including phenoxy) is 1. The molecule has 2 amide bonds. The minimum absolute atomic E-state index is 0.0553. The lowest BCUT2D eigenvalue weighted by Crippen LogP contribution is -2.42. The summed E-state index contributed by atoms with van der Waals surface area (Å²) in [4.78, 5) is 26.4. The van der Waals surface area contributed by atoms with Gasteiger partial charge in [-0.05, 0) is 36.4 Å². The van der Waals surface area contributed by atoms with Crippen molar-refractivity contribution in [3.63, 3.8) is 0 Å². The number of anilines is 1. The Morgan fingerprint density at radius 1 is 1.07 bits per heavy atom. The number of amidine groups is 2. The van der Waals surface area contributed by atoms with Crippen LogP contribution in [0.2, 0.25) is 0 Å². The lowest BCUT2D eigenvalue weighted by molar-refractivity contribution is -0.134. The molecule has 0 saturated carbocycles. The van der Waals surface area contributed by atoms with Crippen molar-refractivity contribution in [3.8, 4) is 5.75 Å². The molecule has 0 aliphatic carbocycles. The zero-order valence-electron chi connectivity index (χ0n) is 16.5. The summed E-state index contributed by atoms with van der Waals surface area (Å²) in [5, 5.41) is 17.8. The molecule has 1 aliphatic heterocycles. The van der Waals surface area contributed by atoms with Gasteiger partial charge in [0.15, 0.2) is 0 Å². The van der Waals surface area contributed by atoms with E-state index in [1.165, 1.54) is 11.8 Å². The molecule has 0 radical (unpaired) electrons. The van der Waals surface area contributed by atoms with Gasteiger partial charge < -0.3 is 26.4 Å². The fraction of sp³-hybridized carbons (Fsp3) is 0.238. The summed E-state index contributed by atoms with van der Waals surface area (Å²) in [5.74, 6) is -0.127. The van der Waals surface area contributed by atoms with E-state index in [9.17, 15) is 9.59 Å². The van der Waals surface area contributed by atoms with E-state index in [1.54, 1.807) is 48.5 Å². The van der Waals surface area contributed by atoms with Crippen LogP contribution in [0.4, 0.5) is 5.69 Å². The van der Waals surface area contributed by atoms with Crippen molar-refractivity contribution < 1.29 is 14.3 Å². The number of benzene rings is 2. The van der Waals surface area contributed by atoms with Gasteiger partial charge in [0.2, 0.25) is 11.8 Å². The smallest absolute Gasteiger partial charge is 0.247 e. The first kappa shape index (κ1) is 20.8. The highest BCUT2D eigenvalue weighted by atomic mass is 16.5. The highest BCUT2D eigenvalue weighted by molar-refractivity contribution is 5.99. The molecule has 2 atom stereocenters. The number of hydrogen-bond acceptors (Lipinski definition) is 5. The molecule has 1 aliphatic rings. The molecule has 0 unspecified atom stereocenters. The Labute approximate surface area is 174 Å². The molecule has 9 nitrogen and oxygen atoms in total. The van der Waals surface area contributed by atoms with Crippen LogP contribution >= 0.6 is 0 Å². The van der Waals surface area contributed by atoms with Gasteiger partial charge in [-0.3, -0.25) is 20.4 Å². The number of amides is 2. The third kappa shape index (κ3) is 4.75. The quantitative estimate of drug-likeness (QED) is 0.359. The molecule has 9 heteroatoms. The van der Waals surface area contributed by atoms with Crippen LogP contribution in [0, 0.1) is 10.8 Å². The van der Waals surface area contributed by atoms with E-state index in [1.807, 2.05) is 0 Å². The lowest BCUT2D eigenvalue weighted by Gasteiger charge is -2.22. The number of nitrogen functional groups attached to an aromatic ring is 2. The molecule has 1 fully saturated rings. The monoisotopic (exact) mass is 408 g/mol. The molecular weight excluding hydrogens is 384 g/mol. The summed E-state index contributed by atoms with van der Waals surface area (Å²) in [6.07, 6.45) is -0.0340. The predicted octanol–water partition coefficient (Wildman–Crippen LogP) is 1.26.